The van der Waals surface area contributed by atoms with Crippen molar-refractivity contribution >= 4 is 34.1 Å². The summed E-state index contributed by atoms with van der Waals surface area (Å²) in [5.74, 6) is 0.990. The van der Waals surface area contributed by atoms with E-state index in [1.54, 1.807) is 43.5 Å². The van der Waals surface area contributed by atoms with E-state index in [1.807, 2.05) is 43.3 Å². The van der Waals surface area contributed by atoms with E-state index < -0.39 is 0 Å². The first-order valence-electron chi connectivity index (χ1n) is 10.9. The van der Waals surface area contributed by atoms with Gasteiger partial charge in [0.25, 0.3) is 5.91 Å². The highest BCUT2D eigenvalue weighted by atomic mass is 16.5. The van der Waals surface area contributed by atoms with Gasteiger partial charge in [-0.05, 0) is 61.5 Å². The Morgan fingerprint density at radius 3 is 2.32 bits per heavy atom. The molecule has 4 aromatic rings. The quantitative estimate of drug-likeness (QED) is 0.383. The van der Waals surface area contributed by atoms with Gasteiger partial charge in [-0.25, -0.2) is 4.98 Å². The van der Waals surface area contributed by atoms with Crippen molar-refractivity contribution in [1.82, 2.24) is 4.98 Å². The molecule has 172 valence electrons. The molecule has 0 aliphatic carbocycles. The third-order valence-electron chi connectivity index (χ3n) is 5.16. The molecule has 7 nitrogen and oxygen atoms in total. The van der Waals surface area contributed by atoms with Gasteiger partial charge in [-0.1, -0.05) is 12.1 Å². The van der Waals surface area contributed by atoms with Gasteiger partial charge in [0.2, 0.25) is 5.91 Å². The Balaban J connectivity index is 1.64. The molecule has 2 amide bonds. The SMILES string of the molecule is CCOc1cc(-c2cccc(OC)c2)nc2ccc(C(=O)Nc3ccc(NC(C)=O)cc3)cc12. The lowest BCUT2D eigenvalue weighted by molar-refractivity contribution is -0.114. The Morgan fingerprint density at radius 2 is 1.65 bits per heavy atom. The number of fused-ring (bicyclic) bond motifs is 1. The summed E-state index contributed by atoms with van der Waals surface area (Å²) < 4.78 is 11.2. The number of benzene rings is 3. The second kappa shape index (κ2) is 10.0. The zero-order chi connectivity index (χ0) is 24.1. The molecule has 0 saturated heterocycles. The van der Waals surface area contributed by atoms with Crippen LogP contribution < -0.4 is 20.1 Å². The molecule has 0 spiro atoms. The maximum atomic E-state index is 12.9. The van der Waals surface area contributed by atoms with Gasteiger partial charge in [0.05, 0.1) is 24.9 Å². The highest BCUT2D eigenvalue weighted by Crippen LogP contribution is 2.32. The van der Waals surface area contributed by atoms with Gasteiger partial charge in [-0.2, -0.15) is 0 Å². The minimum Gasteiger partial charge on any atom is -0.497 e. The number of ether oxygens (including phenoxy) is 2. The lowest BCUT2D eigenvalue weighted by Crippen LogP contribution is -2.12. The second-order valence-electron chi connectivity index (χ2n) is 7.62. The van der Waals surface area contributed by atoms with Gasteiger partial charge in [0.1, 0.15) is 11.5 Å². The van der Waals surface area contributed by atoms with Crippen molar-refractivity contribution in [3.8, 4) is 22.8 Å². The Morgan fingerprint density at radius 1 is 0.912 bits per heavy atom. The van der Waals surface area contributed by atoms with Gasteiger partial charge in [0.15, 0.2) is 0 Å². The standard InChI is InChI=1S/C27H25N3O4/c1-4-34-26-16-25(18-6-5-7-22(14-18)33-3)30-24-13-8-19(15-23(24)26)27(32)29-21-11-9-20(10-12-21)28-17(2)31/h5-16H,4H2,1-3H3,(H,28,31)(H,29,32). The molecule has 1 aromatic heterocycles. The van der Waals surface area contributed by atoms with Gasteiger partial charge in [0, 0.05) is 40.9 Å². The third-order valence-corrected chi connectivity index (χ3v) is 5.16. The molecule has 7 heteroatoms. The number of carbonyl (C=O) groups is 2. The number of methoxy groups -OCH3 is 1. The van der Waals surface area contributed by atoms with Crippen LogP contribution in [0.25, 0.3) is 22.2 Å². The van der Waals surface area contributed by atoms with Crippen LogP contribution in [0.4, 0.5) is 11.4 Å². The monoisotopic (exact) mass is 455 g/mol. The van der Waals surface area contributed by atoms with Crippen molar-refractivity contribution in [2.45, 2.75) is 13.8 Å². The van der Waals surface area contributed by atoms with Crippen molar-refractivity contribution in [2.75, 3.05) is 24.4 Å². The number of nitrogens with one attached hydrogen (secondary N) is 2. The first-order valence-corrected chi connectivity index (χ1v) is 10.9. The number of pyridine rings is 1. The Hall–Kier alpha value is -4.39. The molecule has 0 saturated carbocycles. The van der Waals surface area contributed by atoms with Crippen molar-refractivity contribution < 1.29 is 19.1 Å². The van der Waals surface area contributed by atoms with Crippen LogP contribution in [-0.4, -0.2) is 30.5 Å². The van der Waals surface area contributed by atoms with Gasteiger partial charge >= 0.3 is 0 Å². The van der Waals surface area contributed by atoms with Crippen LogP contribution in [-0.2, 0) is 4.79 Å². The predicted octanol–water partition coefficient (Wildman–Crippen LogP) is 5.52. The number of hydrogen-bond donors (Lipinski definition) is 2. The van der Waals surface area contributed by atoms with Crippen LogP contribution in [0.3, 0.4) is 0 Å². The summed E-state index contributed by atoms with van der Waals surface area (Å²) in [5, 5.41) is 6.33. The van der Waals surface area contributed by atoms with Crippen LogP contribution in [0, 0.1) is 0 Å². The fourth-order valence-electron chi connectivity index (χ4n) is 3.58. The predicted molar refractivity (Wildman–Crippen MR) is 134 cm³/mol. The maximum absolute atomic E-state index is 12.9. The zero-order valence-electron chi connectivity index (χ0n) is 19.2. The summed E-state index contributed by atoms with van der Waals surface area (Å²) in [4.78, 5) is 28.8. The van der Waals surface area contributed by atoms with Crippen LogP contribution in [0.5, 0.6) is 11.5 Å². The molecular weight excluding hydrogens is 430 g/mol. The van der Waals surface area contributed by atoms with Crippen molar-refractivity contribution in [1.29, 1.82) is 0 Å². The minimum atomic E-state index is -0.256. The fraction of sp³-hybridized carbons (Fsp3) is 0.148. The highest BCUT2D eigenvalue weighted by molar-refractivity contribution is 6.07. The lowest BCUT2D eigenvalue weighted by Gasteiger charge is -2.12. The molecule has 1 heterocycles. The van der Waals surface area contributed by atoms with E-state index in [1.165, 1.54) is 6.92 Å². The van der Waals surface area contributed by atoms with Crippen LogP contribution in [0.15, 0.2) is 72.8 Å². The largest absolute Gasteiger partial charge is 0.497 e. The molecule has 0 aliphatic heterocycles. The molecule has 2 N–H and O–H groups in total. The minimum absolute atomic E-state index is 0.152. The molecule has 0 unspecified atom stereocenters. The summed E-state index contributed by atoms with van der Waals surface area (Å²) in [6.45, 7) is 3.84. The summed E-state index contributed by atoms with van der Waals surface area (Å²) in [6, 6.07) is 21.8. The van der Waals surface area contributed by atoms with E-state index in [0.717, 1.165) is 27.9 Å². The molecule has 0 fully saturated rings. The smallest absolute Gasteiger partial charge is 0.255 e. The van der Waals surface area contributed by atoms with E-state index in [9.17, 15) is 9.59 Å². The summed E-state index contributed by atoms with van der Waals surface area (Å²) in [7, 11) is 1.63. The number of amides is 2. The zero-order valence-corrected chi connectivity index (χ0v) is 19.2. The summed E-state index contributed by atoms with van der Waals surface area (Å²) in [6.07, 6.45) is 0. The van der Waals surface area contributed by atoms with Crippen molar-refractivity contribution in [3.05, 3.63) is 78.4 Å². The highest BCUT2D eigenvalue weighted by Gasteiger charge is 2.13. The van der Waals surface area contributed by atoms with Crippen molar-refractivity contribution in [2.24, 2.45) is 0 Å². The van der Waals surface area contributed by atoms with Crippen molar-refractivity contribution in [3.63, 3.8) is 0 Å². The van der Waals surface area contributed by atoms with E-state index in [2.05, 4.69) is 10.6 Å². The van der Waals surface area contributed by atoms with E-state index >= 15 is 0 Å². The summed E-state index contributed by atoms with van der Waals surface area (Å²) in [5.41, 5.74) is 4.15. The van der Waals surface area contributed by atoms with E-state index in [-0.39, 0.29) is 11.8 Å². The molecular formula is C27H25N3O4. The van der Waals surface area contributed by atoms with E-state index in [4.69, 9.17) is 14.5 Å². The van der Waals surface area contributed by atoms with E-state index in [0.29, 0.717) is 29.3 Å². The fourth-order valence-corrected chi connectivity index (χ4v) is 3.58. The molecule has 34 heavy (non-hydrogen) atoms. The van der Waals surface area contributed by atoms with Crippen LogP contribution >= 0.6 is 0 Å². The van der Waals surface area contributed by atoms with Crippen LogP contribution in [0.2, 0.25) is 0 Å². The first-order chi connectivity index (χ1) is 16.5. The average molecular weight is 456 g/mol. The second-order valence-corrected chi connectivity index (χ2v) is 7.62. The van der Waals surface area contributed by atoms with Gasteiger partial charge in [-0.15, -0.1) is 0 Å². The summed E-state index contributed by atoms with van der Waals surface area (Å²) >= 11 is 0. The van der Waals surface area contributed by atoms with Crippen LogP contribution in [0.1, 0.15) is 24.2 Å². The Labute approximate surface area is 197 Å². The normalized spacial score (nSPS) is 10.6. The number of carbonyl (C=O) groups excluding carboxylic acids is 2. The molecule has 0 bridgehead atoms. The number of rotatable bonds is 7. The third kappa shape index (κ3) is 5.15. The van der Waals surface area contributed by atoms with Gasteiger partial charge < -0.3 is 20.1 Å². The lowest BCUT2D eigenvalue weighted by atomic mass is 10.1. The molecule has 0 atom stereocenters. The molecule has 4 rings (SSSR count). The molecule has 3 aromatic carbocycles. The average Bonchev–Trinajstić information content (AvgIpc) is 2.84. The maximum Gasteiger partial charge on any atom is 0.255 e. The Bertz CT molecular complexity index is 1350. The number of aromatic nitrogens is 1. The first kappa shape index (κ1) is 22.8. The molecule has 0 aliphatic rings. The molecule has 0 radical (unpaired) electrons. The number of hydrogen-bond acceptors (Lipinski definition) is 5. The topological polar surface area (TPSA) is 89.6 Å². The number of nitrogens with zero attached hydrogens (tertiary/aromatic N) is 1. The number of anilines is 2. The Kier molecular flexibility index (Phi) is 6.73. The van der Waals surface area contributed by atoms with Gasteiger partial charge in [-0.3, -0.25) is 9.59 Å².